The Morgan fingerprint density at radius 2 is 2.00 bits per heavy atom. The molecular weight excluding hydrogens is 264 g/mol. The highest BCUT2D eigenvalue weighted by atomic mass is 16.5. The molecular formula is C17H16N2O2. The Hall–Kier alpha value is -2.80. The summed E-state index contributed by atoms with van der Waals surface area (Å²) in [5, 5.41) is 20.9. The largest absolute Gasteiger partial charge is 0.489 e. The van der Waals surface area contributed by atoms with E-state index >= 15 is 0 Å². The average Bonchev–Trinajstić information content (AvgIpc) is 2.49. The predicted molar refractivity (Wildman–Crippen MR) is 80.6 cm³/mol. The lowest BCUT2D eigenvalue weighted by Gasteiger charge is -2.12. The third-order valence-electron chi connectivity index (χ3n) is 3.19. The first kappa shape index (κ1) is 14.6. The van der Waals surface area contributed by atoms with Gasteiger partial charge in [0.2, 0.25) is 0 Å². The van der Waals surface area contributed by atoms with Crippen LogP contribution in [0, 0.1) is 25.2 Å². The molecule has 0 aliphatic heterocycles. The van der Waals surface area contributed by atoms with Crippen LogP contribution in [0.3, 0.4) is 0 Å². The quantitative estimate of drug-likeness (QED) is 0.529. The van der Waals surface area contributed by atoms with Crippen molar-refractivity contribution in [3.8, 4) is 11.8 Å². The average molecular weight is 280 g/mol. The van der Waals surface area contributed by atoms with E-state index in [1.807, 2.05) is 44.2 Å². The smallest absolute Gasteiger partial charge is 0.187 e. The van der Waals surface area contributed by atoms with Gasteiger partial charge in [-0.1, -0.05) is 47.1 Å². The molecule has 2 rings (SSSR count). The van der Waals surface area contributed by atoms with Gasteiger partial charge in [-0.2, -0.15) is 5.26 Å². The zero-order valence-corrected chi connectivity index (χ0v) is 12.0. The van der Waals surface area contributed by atoms with Crippen LogP contribution in [0.5, 0.6) is 5.75 Å². The lowest BCUT2D eigenvalue weighted by Crippen LogP contribution is -2.06. The van der Waals surface area contributed by atoms with Gasteiger partial charge < -0.3 is 9.94 Å². The molecule has 0 unspecified atom stereocenters. The zero-order chi connectivity index (χ0) is 15.2. The van der Waals surface area contributed by atoms with Crippen molar-refractivity contribution in [2.24, 2.45) is 5.16 Å². The summed E-state index contributed by atoms with van der Waals surface area (Å²) in [6.07, 6.45) is 0. The summed E-state index contributed by atoms with van der Waals surface area (Å²) in [5.41, 5.74) is 3.59. The fourth-order valence-electron chi connectivity index (χ4n) is 2.13. The molecule has 0 fully saturated rings. The summed E-state index contributed by atoms with van der Waals surface area (Å²) in [6, 6.07) is 15.1. The molecule has 2 aromatic rings. The minimum absolute atomic E-state index is 0.0187. The van der Waals surface area contributed by atoms with E-state index in [0.717, 1.165) is 16.9 Å². The van der Waals surface area contributed by atoms with Crippen molar-refractivity contribution in [1.29, 1.82) is 5.26 Å². The van der Waals surface area contributed by atoms with Crippen molar-refractivity contribution in [1.82, 2.24) is 0 Å². The molecule has 0 heterocycles. The lowest BCUT2D eigenvalue weighted by molar-refractivity contribution is 0.303. The molecule has 21 heavy (non-hydrogen) atoms. The lowest BCUT2D eigenvalue weighted by atomic mass is 10.0. The first-order chi connectivity index (χ1) is 10.2. The van der Waals surface area contributed by atoms with E-state index in [1.165, 1.54) is 5.56 Å². The van der Waals surface area contributed by atoms with Crippen molar-refractivity contribution >= 4 is 5.71 Å². The van der Waals surface area contributed by atoms with Crippen molar-refractivity contribution in [3.63, 3.8) is 0 Å². The summed E-state index contributed by atoms with van der Waals surface area (Å²) >= 11 is 0. The molecule has 0 radical (unpaired) electrons. The van der Waals surface area contributed by atoms with Gasteiger partial charge in [0.15, 0.2) is 5.71 Å². The molecule has 0 saturated heterocycles. The molecule has 0 aliphatic rings. The Bertz CT molecular complexity index is 715. The molecule has 2 aromatic carbocycles. The van der Waals surface area contributed by atoms with E-state index in [1.54, 1.807) is 12.1 Å². The zero-order valence-electron chi connectivity index (χ0n) is 12.0. The topological polar surface area (TPSA) is 65.6 Å². The number of aryl methyl sites for hydroxylation is 2. The Morgan fingerprint density at radius 1 is 1.24 bits per heavy atom. The number of nitrogens with zero attached hydrogens (tertiary/aromatic N) is 2. The molecule has 0 amide bonds. The molecule has 0 atom stereocenters. The third kappa shape index (κ3) is 3.40. The number of ether oxygens (including phenoxy) is 1. The van der Waals surface area contributed by atoms with Crippen LogP contribution in [-0.2, 0) is 6.61 Å². The second-order valence-electron chi connectivity index (χ2n) is 4.78. The van der Waals surface area contributed by atoms with Crippen molar-refractivity contribution in [3.05, 3.63) is 64.7 Å². The molecule has 0 spiro atoms. The van der Waals surface area contributed by atoms with Crippen LogP contribution in [0.1, 0.15) is 22.3 Å². The van der Waals surface area contributed by atoms with Gasteiger partial charge in [0.1, 0.15) is 18.4 Å². The molecule has 0 aliphatic carbocycles. The van der Waals surface area contributed by atoms with Crippen molar-refractivity contribution in [2.75, 3.05) is 0 Å². The maximum Gasteiger partial charge on any atom is 0.187 e. The normalized spacial score (nSPS) is 11.0. The molecule has 106 valence electrons. The number of hydrogen-bond donors (Lipinski definition) is 1. The van der Waals surface area contributed by atoms with Crippen LogP contribution in [0.4, 0.5) is 0 Å². The fraction of sp³-hybridized carbons (Fsp3) is 0.176. The highest BCUT2D eigenvalue weighted by Gasteiger charge is 2.10. The number of oxime groups is 1. The van der Waals surface area contributed by atoms with Crippen LogP contribution >= 0.6 is 0 Å². The van der Waals surface area contributed by atoms with Gasteiger partial charge in [0.25, 0.3) is 0 Å². The highest BCUT2D eigenvalue weighted by Crippen LogP contribution is 2.21. The fourth-order valence-corrected chi connectivity index (χ4v) is 2.13. The van der Waals surface area contributed by atoms with E-state index in [-0.39, 0.29) is 5.71 Å². The van der Waals surface area contributed by atoms with E-state index in [9.17, 15) is 0 Å². The Labute approximate surface area is 123 Å². The maximum absolute atomic E-state index is 8.98. The molecule has 0 bridgehead atoms. The third-order valence-corrected chi connectivity index (χ3v) is 3.19. The van der Waals surface area contributed by atoms with Crippen LogP contribution < -0.4 is 4.74 Å². The summed E-state index contributed by atoms with van der Waals surface area (Å²) in [4.78, 5) is 0. The van der Waals surface area contributed by atoms with E-state index in [2.05, 4.69) is 11.2 Å². The van der Waals surface area contributed by atoms with Gasteiger partial charge in [-0.25, -0.2) is 0 Å². The minimum Gasteiger partial charge on any atom is -0.489 e. The van der Waals surface area contributed by atoms with Gasteiger partial charge in [0.05, 0.1) is 0 Å². The molecule has 1 N–H and O–H groups in total. The van der Waals surface area contributed by atoms with Crippen LogP contribution in [0.2, 0.25) is 0 Å². The van der Waals surface area contributed by atoms with Gasteiger partial charge in [-0.3, -0.25) is 0 Å². The number of rotatable bonds is 4. The molecule has 4 nitrogen and oxygen atoms in total. The predicted octanol–water partition coefficient (Wildman–Crippen LogP) is 3.58. The highest BCUT2D eigenvalue weighted by molar-refractivity contribution is 6.12. The van der Waals surface area contributed by atoms with Crippen molar-refractivity contribution in [2.45, 2.75) is 20.5 Å². The number of benzene rings is 2. The summed E-state index contributed by atoms with van der Waals surface area (Å²) in [6.45, 7) is 4.33. The first-order valence-electron chi connectivity index (χ1n) is 6.56. The Balaban J connectivity index is 2.23. The SMILES string of the molecule is Cc1ccc(OCc2ccccc2C(C#N)=NO)c(C)c1. The van der Waals surface area contributed by atoms with Gasteiger partial charge in [-0.05, 0) is 31.0 Å². The second-order valence-corrected chi connectivity index (χ2v) is 4.78. The van der Waals surface area contributed by atoms with E-state index in [4.69, 9.17) is 15.2 Å². The molecule has 0 aromatic heterocycles. The summed E-state index contributed by atoms with van der Waals surface area (Å²) < 4.78 is 5.81. The minimum atomic E-state index is -0.0187. The molecule has 4 heteroatoms. The van der Waals surface area contributed by atoms with Gasteiger partial charge in [-0.15, -0.1) is 0 Å². The van der Waals surface area contributed by atoms with Crippen LogP contribution in [-0.4, -0.2) is 10.9 Å². The monoisotopic (exact) mass is 280 g/mol. The summed E-state index contributed by atoms with van der Waals surface area (Å²) in [5.74, 6) is 0.801. The van der Waals surface area contributed by atoms with Gasteiger partial charge in [0, 0.05) is 5.56 Å². The Morgan fingerprint density at radius 3 is 2.67 bits per heavy atom. The van der Waals surface area contributed by atoms with Crippen LogP contribution in [0.25, 0.3) is 0 Å². The van der Waals surface area contributed by atoms with Crippen molar-refractivity contribution < 1.29 is 9.94 Å². The number of nitriles is 1. The van der Waals surface area contributed by atoms with Crippen LogP contribution in [0.15, 0.2) is 47.6 Å². The maximum atomic E-state index is 8.98. The molecule has 0 saturated carbocycles. The Kier molecular flexibility index (Phi) is 4.57. The van der Waals surface area contributed by atoms with Gasteiger partial charge >= 0.3 is 0 Å². The van der Waals surface area contributed by atoms with E-state index < -0.39 is 0 Å². The first-order valence-corrected chi connectivity index (χ1v) is 6.56. The van der Waals surface area contributed by atoms with E-state index in [0.29, 0.717) is 12.2 Å². The summed E-state index contributed by atoms with van der Waals surface area (Å²) in [7, 11) is 0. The number of hydrogen-bond acceptors (Lipinski definition) is 4. The second kappa shape index (κ2) is 6.58. The standard InChI is InChI=1S/C17H16N2O2/c1-12-7-8-17(13(2)9-12)21-11-14-5-3-4-6-15(14)16(10-18)19-20/h3-9,20H,11H2,1-2H3.